The van der Waals surface area contributed by atoms with E-state index in [2.05, 4.69) is 14.8 Å². The van der Waals surface area contributed by atoms with Crippen LogP contribution in [0, 0.1) is 5.82 Å². The van der Waals surface area contributed by atoms with Gasteiger partial charge in [-0.15, -0.1) is 0 Å². The van der Waals surface area contributed by atoms with Crippen LogP contribution in [0.25, 0.3) is 0 Å². The molecule has 9 heteroatoms. The van der Waals surface area contributed by atoms with Crippen molar-refractivity contribution in [2.75, 3.05) is 10.5 Å². The van der Waals surface area contributed by atoms with Gasteiger partial charge < -0.3 is 5.73 Å². The number of sulfonamides is 1. The maximum Gasteiger partial charge on any atom is 0.267 e. The first-order valence-corrected chi connectivity index (χ1v) is 6.30. The lowest BCUT2D eigenvalue weighted by Gasteiger charge is -2.08. The van der Waals surface area contributed by atoms with Gasteiger partial charge in [0, 0.05) is 12.7 Å². The molecule has 2 aromatic rings. The summed E-state index contributed by atoms with van der Waals surface area (Å²) >= 11 is 0. The molecule has 1 aromatic carbocycles. The van der Waals surface area contributed by atoms with Gasteiger partial charge in [-0.1, -0.05) is 0 Å². The second-order valence-corrected chi connectivity index (χ2v) is 5.15. The van der Waals surface area contributed by atoms with Gasteiger partial charge >= 0.3 is 0 Å². The third-order valence-corrected chi connectivity index (χ3v) is 3.53. The first-order chi connectivity index (χ1) is 8.40. The molecule has 2 rings (SSSR count). The molecule has 0 radical (unpaired) electrons. The maximum atomic E-state index is 13.5. The summed E-state index contributed by atoms with van der Waals surface area (Å²) in [6.07, 6.45) is 1.17. The minimum Gasteiger partial charge on any atom is -0.399 e. The molecule has 0 aliphatic carbocycles. The molecule has 18 heavy (non-hydrogen) atoms. The van der Waals surface area contributed by atoms with E-state index in [9.17, 15) is 12.8 Å². The molecular formula is C9H10FN5O2S. The fourth-order valence-corrected chi connectivity index (χ4v) is 2.44. The molecule has 0 fully saturated rings. The Kier molecular flexibility index (Phi) is 2.91. The van der Waals surface area contributed by atoms with Crippen LogP contribution in [0.2, 0.25) is 0 Å². The molecule has 0 saturated carbocycles. The van der Waals surface area contributed by atoms with Crippen molar-refractivity contribution in [1.29, 1.82) is 0 Å². The van der Waals surface area contributed by atoms with E-state index in [4.69, 9.17) is 5.73 Å². The van der Waals surface area contributed by atoms with Crippen LogP contribution in [0.4, 0.5) is 16.0 Å². The number of nitrogen functional groups attached to an aromatic ring is 1. The molecule has 3 N–H and O–H groups in total. The number of aromatic nitrogens is 3. The van der Waals surface area contributed by atoms with Crippen LogP contribution >= 0.6 is 0 Å². The van der Waals surface area contributed by atoms with Crippen LogP contribution in [0.1, 0.15) is 0 Å². The first-order valence-electron chi connectivity index (χ1n) is 4.82. The van der Waals surface area contributed by atoms with E-state index in [0.717, 1.165) is 12.1 Å². The molecule has 0 unspecified atom stereocenters. The smallest absolute Gasteiger partial charge is 0.267 e. The van der Waals surface area contributed by atoms with Crippen LogP contribution in [-0.2, 0) is 17.1 Å². The molecular weight excluding hydrogens is 261 g/mol. The third-order valence-electron chi connectivity index (χ3n) is 2.18. The minimum atomic E-state index is -4.09. The van der Waals surface area contributed by atoms with Crippen molar-refractivity contribution < 1.29 is 12.8 Å². The minimum absolute atomic E-state index is 0.0168. The first kappa shape index (κ1) is 12.3. The number of nitrogens with zero attached hydrogens (tertiary/aromatic N) is 3. The highest BCUT2D eigenvalue weighted by Crippen LogP contribution is 2.19. The number of nitrogens with one attached hydrogen (secondary N) is 1. The Labute approximate surface area is 102 Å². The zero-order chi connectivity index (χ0) is 13.3. The van der Waals surface area contributed by atoms with Gasteiger partial charge in [-0.2, -0.15) is 10.1 Å². The van der Waals surface area contributed by atoms with Gasteiger partial charge in [0.05, 0.1) is 0 Å². The van der Waals surface area contributed by atoms with Gasteiger partial charge in [0.1, 0.15) is 17.0 Å². The van der Waals surface area contributed by atoms with E-state index in [-0.39, 0.29) is 11.6 Å². The highest BCUT2D eigenvalue weighted by atomic mass is 32.2. The molecule has 0 bridgehead atoms. The lowest BCUT2D eigenvalue weighted by molar-refractivity contribution is 0.570. The number of nitrogens with two attached hydrogens (primary N) is 1. The third kappa shape index (κ3) is 2.25. The molecule has 0 aliphatic rings. The van der Waals surface area contributed by atoms with E-state index in [1.54, 1.807) is 0 Å². The number of benzene rings is 1. The predicted octanol–water partition coefficient (Wildman–Crippen LogP) is 0.337. The Balaban J connectivity index is 2.43. The Bertz CT molecular complexity index is 682. The topological polar surface area (TPSA) is 103 Å². The molecule has 96 valence electrons. The van der Waals surface area contributed by atoms with Crippen molar-refractivity contribution in [1.82, 2.24) is 14.8 Å². The summed E-state index contributed by atoms with van der Waals surface area (Å²) in [5.41, 5.74) is 5.58. The summed E-state index contributed by atoms with van der Waals surface area (Å²) in [7, 11) is -2.59. The van der Waals surface area contributed by atoms with Gasteiger partial charge in [0.2, 0.25) is 5.95 Å². The average molecular weight is 271 g/mol. The molecule has 0 atom stereocenters. The summed E-state index contributed by atoms with van der Waals surface area (Å²) < 4.78 is 40.7. The second kappa shape index (κ2) is 4.26. The fraction of sp³-hybridized carbons (Fsp3) is 0.111. The van der Waals surface area contributed by atoms with Crippen molar-refractivity contribution in [3.05, 3.63) is 30.3 Å². The Morgan fingerprint density at radius 1 is 1.44 bits per heavy atom. The van der Waals surface area contributed by atoms with Crippen LogP contribution < -0.4 is 10.5 Å². The second-order valence-electron chi connectivity index (χ2n) is 3.50. The van der Waals surface area contributed by atoms with E-state index in [1.165, 1.54) is 24.1 Å². The van der Waals surface area contributed by atoms with Crippen LogP contribution in [0.3, 0.4) is 0 Å². The Morgan fingerprint density at radius 2 is 2.17 bits per heavy atom. The van der Waals surface area contributed by atoms with Crippen LogP contribution in [-0.4, -0.2) is 23.2 Å². The summed E-state index contributed by atoms with van der Waals surface area (Å²) in [6, 6.07) is 3.30. The van der Waals surface area contributed by atoms with Gasteiger partial charge in [-0.05, 0) is 18.2 Å². The summed E-state index contributed by atoms with van der Waals surface area (Å²) in [6.45, 7) is 0. The van der Waals surface area contributed by atoms with Crippen molar-refractivity contribution in [3.8, 4) is 0 Å². The number of halogens is 1. The molecule has 7 nitrogen and oxygen atoms in total. The number of hydrogen-bond donors (Lipinski definition) is 2. The number of aryl methyl sites for hydroxylation is 1. The van der Waals surface area contributed by atoms with E-state index in [0.29, 0.717) is 0 Å². The van der Waals surface area contributed by atoms with Gasteiger partial charge in [-0.3, -0.25) is 0 Å². The summed E-state index contributed by atoms with van der Waals surface area (Å²) in [5, 5.41) is 3.69. The van der Waals surface area contributed by atoms with E-state index in [1.807, 2.05) is 0 Å². The van der Waals surface area contributed by atoms with Crippen molar-refractivity contribution >= 4 is 21.7 Å². The van der Waals surface area contributed by atoms with Crippen LogP contribution in [0.5, 0.6) is 0 Å². The molecule has 0 aliphatic heterocycles. The number of anilines is 2. The molecule has 0 spiro atoms. The van der Waals surface area contributed by atoms with E-state index >= 15 is 0 Å². The number of hydrogen-bond acceptors (Lipinski definition) is 5. The maximum absolute atomic E-state index is 13.5. The standard InChI is InChI=1S/C9H10FN5O2S/c1-15-9(12-5-13-15)14-18(16,17)8-4-6(11)2-3-7(8)10/h2-5H,11H2,1H3,(H,12,13,14). The highest BCUT2D eigenvalue weighted by Gasteiger charge is 2.21. The van der Waals surface area contributed by atoms with Crippen molar-refractivity contribution in [3.63, 3.8) is 0 Å². The largest absolute Gasteiger partial charge is 0.399 e. The Morgan fingerprint density at radius 3 is 2.78 bits per heavy atom. The molecule has 1 heterocycles. The van der Waals surface area contributed by atoms with Crippen molar-refractivity contribution in [2.24, 2.45) is 7.05 Å². The Hall–Kier alpha value is -2.16. The van der Waals surface area contributed by atoms with Crippen LogP contribution in [0.15, 0.2) is 29.4 Å². The SMILES string of the molecule is Cn1ncnc1NS(=O)(=O)c1cc(N)ccc1F. The average Bonchev–Trinajstić information content (AvgIpc) is 2.67. The van der Waals surface area contributed by atoms with Gasteiger partial charge in [-0.25, -0.2) is 22.2 Å². The lowest BCUT2D eigenvalue weighted by atomic mass is 10.3. The summed E-state index contributed by atoms with van der Waals surface area (Å²) in [5.74, 6) is -0.907. The monoisotopic (exact) mass is 271 g/mol. The van der Waals surface area contributed by atoms with Crippen molar-refractivity contribution in [2.45, 2.75) is 4.90 Å². The predicted molar refractivity (Wildman–Crippen MR) is 62.6 cm³/mol. The fourth-order valence-electron chi connectivity index (χ4n) is 1.29. The zero-order valence-electron chi connectivity index (χ0n) is 9.33. The number of rotatable bonds is 3. The quantitative estimate of drug-likeness (QED) is 0.783. The lowest BCUT2D eigenvalue weighted by Crippen LogP contribution is -2.17. The highest BCUT2D eigenvalue weighted by molar-refractivity contribution is 7.92. The molecule has 1 aromatic heterocycles. The summed E-state index contributed by atoms with van der Waals surface area (Å²) in [4.78, 5) is 3.15. The molecule has 0 amide bonds. The molecule has 0 saturated heterocycles. The van der Waals surface area contributed by atoms with Gasteiger partial charge in [0.25, 0.3) is 10.0 Å². The van der Waals surface area contributed by atoms with Gasteiger partial charge in [0.15, 0.2) is 0 Å². The van der Waals surface area contributed by atoms with E-state index < -0.39 is 20.7 Å². The normalized spacial score (nSPS) is 11.4. The zero-order valence-corrected chi connectivity index (χ0v) is 10.1.